The maximum atomic E-state index is 11.4. The highest BCUT2D eigenvalue weighted by atomic mass is 16.5. The van der Waals surface area contributed by atoms with Crippen LogP contribution in [0.1, 0.15) is 12.8 Å². The molecule has 2 heterocycles. The van der Waals surface area contributed by atoms with Crippen molar-refractivity contribution >= 4 is 0 Å². The zero-order valence-electron chi connectivity index (χ0n) is 10.1. The van der Waals surface area contributed by atoms with Crippen molar-refractivity contribution in [2.75, 3.05) is 26.3 Å². The predicted octanol–water partition coefficient (Wildman–Crippen LogP) is 0.864. The average molecular weight is 236 g/mol. The summed E-state index contributed by atoms with van der Waals surface area (Å²) in [6.07, 6.45) is 4.29. The van der Waals surface area contributed by atoms with Gasteiger partial charge in [0.05, 0.1) is 13.2 Å². The van der Waals surface area contributed by atoms with Gasteiger partial charge in [0.25, 0.3) is 5.56 Å². The number of hydrogen-bond acceptors (Lipinski definition) is 3. The van der Waals surface area contributed by atoms with E-state index in [4.69, 9.17) is 4.74 Å². The van der Waals surface area contributed by atoms with Crippen LogP contribution in [0.15, 0.2) is 29.2 Å². The molecular weight excluding hydrogens is 216 g/mol. The van der Waals surface area contributed by atoms with E-state index in [2.05, 4.69) is 5.32 Å². The van der Waals surface area contributed by atoms with E-state index < -0.39 is 0 Å². The molecule has 94 valence electrons. The molecule has 1 aliphatic rings. The number of nitrogens with zero attached hydrogens (tertiary/aromatic N) is 1. The molecule has 2 rings (SSSR count). The maximum Gasteiger partial charge on any atom is 0.250 e. The van der Waals surface area contributed by atoms with Gasteiger partial charge in [0.1, 0.15) is 0 Å². The lowest BCUT2D eigenvalue weighted by molar-refractivity contribution is 0.0837. The molecule has 0 amide bonds. The molecule has 0 radical (unpaired) electrons. The van der Waals surface area contributed by atoms with E-state index in [1.807, 2.05) is 6.07 Å². The Morgan fingerprint density at radius 1 is 1.47 bits per heavy atom. The molecule has 1 unspecified atom stereocenters. The number of rotatable bonds is 5. The normalized spacial score (nSPS) is 20.4. The molecule has 1 N–H and O–H groups in total. The van der Waals surface area contributed by atoms with Crippen LogP contribution in [-0.2, 0) is 11.3 Å². The van der Waals surface area contributed by atoms with Gasteiger partial charge >= 0.3 is 0 Å². The van der Waals surface area contributed by atoms with Crippen molar-refractivity contribution < 1.29 is 4.74 Å². The summed E-state index contributed by atoms with van der Waals surface area (Å²) in [5.41, 5.74) is 0.0374. The summed E-state index contributed by atoms with van der Waals surface area (Å²) in [5.74, 6) is 0.635. The average Bonchev–Trinajstić information content (AvgIpc) is 2.38. The van der Waals surface area contributed by atoms with Crippen molar-refractivity contribution in [3.63, 3.8) is 0 Å². The van der Waals surface area contributed by atoms with Gasteiger partial charge < -0.3 is 14.6 Å². The molecule has 0 saturated carbocycles. The second-order valence-corrected chi connectivity index (χ2v) is 4.52. The molecule has 0 aromatic carbocycles. The Balaban J connectivity index is 1.66. The highest BCUT2D eigenvalue weighted by Crippen LogP contribution is 2.09. The first-order chi connectivity index (χ1) is 8.36. The van der Waals surface area contributed by atoms with Gasteiger partial charge in [-0.2, -0.15) is 0 Å². The van der Waals surface area contributed by atoms with Gasteiger partial charge in [-0.25, -0.2) is 0 Å². The molecule has 1 saturated heterocycles. The molecule has 1 aromatic rings. The molecule has 1 atom stereocenters. The van der Waals surface area contributed by atoms with Crippen LogP contribution in [0.25, 0.3) is 0 Å². The van der Waals surface area contributed by atoms with E-state index in [1.165, 1.54) is 12.8 Å². The minimum Gasteiger partial charge on any atom is -0.379 e. The van der Waals surface area contributed by atoms with Crippen molar-refractivity contribution in [1.82, 2.24) is 9.88 Å². The first-order valence-corrected chi connectivity index (χ1v) is 6.30. The summed E-state index contributed by atoms with van der Waals surface area (Å²) >= 11 is 0. The SMILES string of the molecule is O=c1ccccn1CCOCC1CCCNC1. The fraction of sp³-hybridized carbons (Fsp3) is 0.615. The van der Waals surface area contributed by atoms with Gasteiger partial charge in [0.2, 0.25) is 0 Å². The monoisotopic (exact) mass is 236 g/mol. The van der Waals surface area contributed by atoms with Crippen molar-refractivity contribution in [3.05, 3.63) is 34.7 Å². The molecule has 0 spiro atoms. The van der Waals surface area contributed by atoms with Crippen molar-refractivity contribution in [2.24, 2.45) is 5.92 Å². The first kappa shape index (κ1) is 12.3. The van der Waals surface area contributed by atoms with Crippen LogP contribution in [0.5, 0.6) is 0 Å². The molecule has 1 aliphatic heterocycles. The van der Waals surface area contributed by atoms with E-state index in [0.717, 1.165) is 19.7 Å². The molecule has 1 aromatic heterocycles. The molecule has 4 heteroatoms. The zero-order chi connectivity index (χ0) is 11.9. The summed E-state index contributed by atoms with van der Waals surface area (Å²) in [7, 11) is 0. The lowest BCUT2D eigenvalue weighted by atomic mass is 10.0. The van der Waals surface area contributed by atoms with E-state index in [1.54, 1.807) is 22.9 Å². The Morgan fingerprint density at radius 3 is 3.18 bits per heavy atom. The van der Waals surface area contributed by atoms with Crippen LogP contribution >= 0.6 is 0 Å². The highest BCUT2D eigenvalue weighted by Gasteiger charge is 2.12. The maximum absolute atomic E-state index is 11.4. The summed E-state index contributed by atoms with van der Waals surface area (Å²) in [5, 5.41) is 3.37. The van der Waals surface area contributed by atoms with Gasteiger partial charge in [-0.15, -0.1) is 0 Å². The van der Waals surface area contributed by atoms with Crippen LogP contribution < -0.4 is 10.9 Å². The smallest absolute Gasteiger partial charge is 0.250 e. The number of aromatic nitrogens is 1. The third-order valence-electron chi connectivity index (χ3n) is 3.13. The Hall–Kier alpha value is -1.13. The van der Waals surface area contributed by atoms with Crippen molar-refractivity contribution in [1.29, 1.82) is 0 Å². The highest BCUT2D eigenvalue weighted by molar-refractivity contribution is 4.92. The molecule has 4 nitrogen and oxygen atoms in total. The lowest BCUT2D eigenvalue weighted by Gasteiger charge is -2.22. The molecule has 1 fully saturated rings. The third kappa shape index (κ3) is 3.98. The summed E-state index contributed by atoms with van der Waals surface area (Å²) in [6.45, 7) is 4.25. The molecule has 17 heavy (non-hydrogen) atoms. The van der Waals surface area contributed by atoms with Crippen LogP contribution in [0.4, 0.5) is 0 Å². The summed E-state index contributed by atoms with van der Waals surface area (Å²) in [4.78, 5) is 11.4. The minimum atomic E-state index is 0.0374. The fourth-order valence-electron chi connectivity index (χ4n) is 2.12. The summed E-state index contributed by atoms with van der Waals surface area (Å²) in [6, 6.07) is 5.20. The van der Waals surface area contributed by atoms with Crippen LogP contribution in [0.2, 0.25) is 0 Å². The third-order valence-corrected chi connectivity index (χ3v) is 3.13. The zero-order valence-corrected chi connectivity index (χ0v) is 10.1. The van der Waals surface area contributed by atoms with E-state index >= 15 is 0 Å². The standard InChI is InChI=1S/C13H20N2O2/c16-13-5-1-2-7-15(13)8-9-17-11-12-4-3-6-14-10-12/h1-2,5,7,12,14H,3-4,6,8-11H2. The van der Waals surface area contributed by atoms with E-state index in [0.29, 0.717) is 19.1 Å². The number of pyridine rings is 1. The van der Waals surface area contributed by atoms with Gasteiger partial charge in [0, 0.05) is 25.4 Å². The predicted molar refractivity (Wildman–Crippen MR) is 67.1 cm³/mol. The lowest BCUT2D eigenvalue weighted by Crippen LogP contribution is -2.32. The van der Waals surface area contributed by atoms with Gasteiger partial charge in [-0.05, 0) is 31.4 Å². The van der Waals surface area contributed by atoms with Crippen LogP contribution in [-0.4, -0.2) is 30.9 Å². The molecule has 0 bridgehead atoms. The van der Waals surface area contributed by atoms with E-state index in [-0.39, 0.29) is 5.56 Å². The number of nitrogens with one attached hydrogen (secondary N) is 1. The van der Waals surface area contributed by atoms with Crippen molar-refractivity contribution in [2.45, 2.75) is 19.4 Å². The number of hydrogen-bond donors (Lipinski definition) is 1. The fourth-order valence-corrected chi connectivity index (χ4v) is 2.12. The van der Waals surface area contributed by atoms with E-state index in [9.17, 15) is 4.79 Å². The Bertz CT molecular complexity index is 383. The van der Waals surface area contributed by atoms with Gasteiger partial charge in [0.15, 0.2) is 0 Å². The summed E-state index contributed by atoms with van der Waals surface area (Å²) < 4.78 is 7.31. The number of ether oxygens (including phenoxy) is 1. The molecule has 0 aliphatic carbocycles. The Labute approximate surface area is 102 Å². The largest absolute Gasteiger partial charge is 0.379 e. The van der Waals surface area contributed by atoms with Crippen LogP contribution in [0.3, 0.4) is 0 Å². The van der Waals surface area contributed by atoms with Gasteiger partial charge in [-0.3, -0.25) is 4.79 Å². The Kier molecular flexibility index (Phi) is 4.76. The second-order valence-electron chi connectivity index (χ2n) is 4.52. The first-order valence-electron chi connectivity index (χ1n) is 6.30. The number of piperidine rings is 1. The Morgan fingerprint density at radius 2 is 2.41 bits per heavy atom. The second kappa shape index (κ2) is 6.57. The van der Waals surface area contributed by atoms with Crippen molar-refractivity contribution in [3.8, 4) is 0 Å². The van der Waals surface area contributed by atoms with Crippen LogP contribution in [0, 0.1) is 5.92 Å². The minimum absolute atomic E-state index is 0.0374. The topological polar surface area (TPSA) is 43.3 Å². The molecular formula is C13H20N2O2. The van der Waals surface area contributed by atoms with Gasteiger partial charge in [-0.1, -0.05) is 6.07 Å². The quantitative estimate of drug-likeness (QED) is 0.771.